The van der Waals surface area contributed by atoms with Gasteiger partial charge in [0.05, 0.1) is 38.0 Å². The van der Waals surface area contributed by atoms with Crippen LogP contribution in [0.3, 0.4) is 0 Å². The van der Waals surface area contributed by atoms with Crippen LogP contribution in [-0.2, 0) is 9.53 Å². The Hall–Kier alpha value is -2.54. The van der Waals surface area contributed by atoms with Gasteiger partial charge in [0, 0.05) is 5.70 Å². The normalized spacial score (nSPS) is 17.4. The number of nitrogens with zero attached hydrogens (tertiary/aromatic N) is 1. The van der Waals surface area contributed by atoms with Gasteiger partial charge in [-0.2, -0.15) is 0 Å². The van der Waals surface area contributed by atoms with Crippen LogP contribution in [0.2, 0.25) is 0 Å². The van der Waals surface area contributed by atoms with Gasteiger partial charge in [0.25, 0.3) is 0 Å². The van der Waals surface area contributed by atoms with Gasteiger partial charge in [-0.3, -0.25) is 4.90 Å². The number of esters is 1. The standard InChI is InChI=1S/C18H24N2O5/c1-4-24-14-8-6-13(7-9-14)16-15(17(22)25-5-2)12(3)20(10-11-21)18(23)19-16/h6-9,16,21H,4-5,10-11H2,1-3H3,(H,19,23)/t16-/m1/s1. The molecule has 7 heteroatoms. The van der Waals surface area contributed by atoms with Crippen molar-refractivity contribution < 1.29 is 24.2 Å². The van der Waals surface area contributed by atoms with Gasteiger partial charge in [-0.1, -0.05) is 12.1 Å². The summed E-state index contributed by atoms with van der Waals surface area (Å²) in [5.41, 5.74) is 1.59. The molecule has 2 N–H and O–H groups in total. The van der Waals surface area contributed by atoms with Gasteiger partial charge < -0.3 is 19.9 Å². The summed E-state index contributed by atoms with van der Waals surface area (Å²) >= 11 is 0. The zero-order valence-corrected chi connectivity index (χ0v) is 14.7. The van der Waals surface area contributed by atoms with E-state index >= 15 is 0 Å². The Morgan fingerprint density at radius 2 is 1.92 bits per heavy atom. The SMILES string of the molecule is CCOC(=O)C1=C(C)N(CCO)C(=O)N[C@@H]1c1ccc(OCC)cc1. The van der Waals surface area contributed by atoms with Crippen molar-refractivity contribution in [2.45, 2.75) is 26.8 Å². The number of rotatable bonds is 7. The molecule has 25 heavy (non-hydrogen) atoms. The second kappa shape index (κ2) is 8.53. The minimum Gasteiger partial charge on any atom is -0.494 e. The van der Waals surface area contributed by atoms with Crippen molar-refractivity contribution in [3.8, 4) is 5.75 Å². The second-order valence-corrected chi connectivity index (χ2v) is 5.48. The summed E-state index contributed by atoms with van der Waals surface area (Å²) in [6, 6.07) is 6.23. The average Bonchev–Trinajstić information content (AvgIpc) is 2.59. The van der Waals surface area contributed by atoms with E-state index < -0.39 is 12.0 Å². The van der Waals surface area contributed by atoms with Crippen molar-refractivity contribution in [3.05, 3.63) is 41.1 Å². The van der Waals surface area contributed by atoms with Crippen LogP contribution in [0.4, 0.5) is 4.79 Å². The number of nitrogens with one attached hydrogen (secondary N) is 1. The molecule has 7 nitrogen and oxygen atoms in total. The first kappa shape index (κ1) is 18.8. The Bertz CT molecular complexity index is 654. The van der Waals surface area contributed by atoms with Crippen molar-refractivity contribution in [2.24, 2.45) is 0 Å². The Morgan fingerprint density at radius 3 is 2.48 bits per heavy atom. The van der Waals surface area contributed by atoms with Gasteiger partial charge in [-0.05, 0) is 38.5 Å². The molecule has 0 aromatic heterocycles. The molecule has 1 aliphatic rings. The van der Waals surface area contributed by atoms with Gasteiger partial charge >= 0.3 is 12.0 Å². The van der Waals surface area contributed by atoms with Crippen molar-refractivity contribution in [1.82, 2.24) is 10.2 Å². The number of benzene rings is 1. The summed E-state index contributed by atoms with van der Waals surface area (Å²) in [5, 5.41) is 12.0. The molecule has 2 rings (SSSR count). The van der Waals surface area contributed by atoms with Crippen LogP contribution in [0.25, 0.3) is 0 Å². The molecular weight excluding hydrogens is 324 g/mol. The van der Waals surface area contributed by atoms with Crippen LogP contribution in [0, 0.1) is 0 Å². The molecule has 0 bridgehead atoms. The predicted molar refractivity (Wildman–Crippen MR) is 92.0 cm³/mol. The maximum absolute atomic E-state index is 12.5. The summed E-state index contributed by atoms with van der Waals surface area (Å²) in [4.78, 5) is 26.2. The molecular formula is C18H24N2O5. The fourth-order valence-corrected chi connectivity index (χ4v) is 2.80. The summed E-state index contributed by atoms with van der Waals surface area (Å²) in [7, 11) is 0. The number of amides is 2. The van der Waals surface area contributed by atoms with E-state index in [2.05, 4.69) is 5.32 Å². The summed E-state index contributed by atoms with van der Waals surface area (Å²) in [6.45, 7) is 6.01. The molecule has 0 aliphatic carbocycles. The van der Waals surface area contributed by atoms with Gasteiger partial charge in [0.1, 0.15) is 5.75 Å². The molecule has 136 valence electrons. The van der Waals surface area contributed by atoms with Crippen molar-refractivity contribution >= 4 is 12.0 Å². The van der Waals surface area contributed by atoms with E-state index in [1.54, 1.807) is 26.0 Å². The number of β-amino-alcohol motifs (C(OH)–C–C–N with tert-alkyl or cyclic N) is 1. The highest BCUT2D eigenvalue weighted by atomic mass is 16.5. The van der Waals surface area contributed by atoms with Crippen LogP contribution in [0.15, 0.2) is 35.5 Å². The summed E-state index contributed by atoms with van der Waals surface area (Å²) in [5.74, 6) is 0.232. The fourth-order valence-electron chi connectivity index (χ4n) is 2.80. The molecule has 2 amide bonds. The number of urea groups is 1. The first-order valence-corrected chi connectivity index (χ1v) is 8.33. The lowest BCUT2D eigenvalue weighted by Crippen LogP contribution is -2.48. The number of hydrogen-bond donors (Lipinski definition) is 2. The van der Waals surface area contributed by atoms with Crippen LogP contribution in [-0.4, -0.2) is 48.4 Å². The van der Waals surface area contributed by atoms with Crippen LogP contribution in [0.1, 0.15) is 32.4 Å². The van der Waals surface area contributed by atoms with E-state index in [4.69, 9.17) is 9.47 Å². The molecule has 0 radical (unpaired) electrons. The molecule has 1 aliphatic heterocycles. The molecule has 0 spiro atoms. The number of ether oxygens (including phenoxy) is 2. The van der Waals surface area contributed by atoms with Crippen LogP contribution >= 0.6 is 0 Å². The third-order valence-corrected chi connectivity index (χ3v) is 3.94. The first-order chi connectivity index (χ1) is 12.0. The van der Waals surface area contributed by atoms with E-state index in [1.165, 1.54) is 4.90 Å². The number of carbonyl (C=O) groups is 2. The Balaban J connectivity index is 2.43. The number of carbonyl (C=O) groups excluding carboxylic acids is 2. The van der Waals surface area contributed by atoms with E-state index in [0.29, 0.717) is 23.6 Å². The smallest absolute Gasteiger partial charge is 0.338 e. The third-order valence-electron chi connectivity index (χ3n) is 3.94. The lowest BCUT2D eigenvalue weighted by Gasteiger charge is -2.35. The van der Waals surface area contributed by atoms with E-state index in [0.717, 1.165) is 5.56 Å². The maximum Gasteiger partial charge on any atom is 0.338 e. The number of aliphatic hydroxyl groups excluding tert-OH is 1. The maximum atomic E-state index is 12.5. The average molecular weight is 348 g/mol. The van der Waals surface area contributed by atoms with Crippen molar-refractivity contribution in [3.63, 3.8) is 0 Å². The topological polar surface area (TPSA) is 88.1 Å². The molecule has 0 unspecified atom stereocenters. The first-order valence-electron chi connectivity index (χ1n) is 8.33. The lowest BCUT2D eigenvalue weighted by molar-refractivity contribution is -0.139. The van der Waals surface area contributed by atoms with Crippen molar-refractivity contribution in [1.29, 1.82) is 0 Å². The highest BCUT2D eigenvalue weighted by Crippen LogP contribution is 2.32. The van der Waals surface area contributed by atoms with Gasteiger partial charge in [0.15, 0.2) is 0 Å². The highest BCUT2D eigenvalue weighted by Gasteiger charge is 2.36. The van der Waals surface area contributed by atoms with Crippen LogP contribution < -0.4 is 10.1 Å². The molecule has 1 aromatic carbocycles. The van der Waals surface area contributed by atoms with Gasteiger partial charge in [-0.25, -0.2) is 9.59 Å². The molecule has 1 atom stereocenters. The monoisotopic (exact) mass is 348 g/mol. The molecule has 1 heterocycles. The van der Waals surface area contributed by atoms with E-state index in [9.17, 15) is 14.7 Å². The zero-order valence-electron chi connectivity index (χ0n) is 14.7. The molecule has 0 saturated carbocycles. The largest absolute Gasteiger partial charge is 0.494 e. The second-order valence-electron chi connectivity index (χ2n) is 5.48. The summed E-state index contributed by atoms with van der Waals surface area (Å²) in [6.07, 6.45) is 0. The van der Waals surface area contributed by atoms with Crippen LogP contribution in [0.5, 0.6) is 5.75 Å². The third kappa shape index (κ3) is 4.11. The Kier molecular flexibility index (Phi) is 6.41. The number of allylic oxidation sites excluding steroid dienone is 1. The number of aliphatic hydroxyl groups is 1. The fraction of sp³-hybridized carbons (Fsp3) is 0.444. The predicted octanol–water partition coefficient (Wildman–Crippen LogP) is 1.98. The minimum absolute atomic E-state index is 0.108. The van der Waals surface area contributed by atoms with Crippen molar-refractivity contribution in [2.75, 3.05) is 26.4 Å². The van der Waals surface area contributed by atoms with Gasteiger partial charge in [0.2, 0.25) is 0 Å². The van der Waals surface area contributed by atoms with Gasteiger partial charge in [-0.15, -0.1) is 0 Å². The molecule has 0 fully saturated rings. The quantitative estimate of drug-likeness (QED) is 0.736. The molecule has 1 aromatic rings. The molecule has 0 saturated heterocycles. The van der Waals surface area contributed by atoms with E-state index in [1.807, 2.05) is 19.1 Å². The minimum atomic E-state index is -0.614. The highest BCUT2D eigenvalue weighted by molar-refractivity contribution is 5.95. The zero-order chi connectivity index (χ0) is 18.4. The lowest BCUT2D eigenvalue weighted by atomic mass is 9.95. The Labute approximate surface area is 147 Å². The summed E-state index contributed by atoms with van der Waals surface area (Å²) < 4.78 is 10.6. The Morgan fingerprint density at radius 1 is 1.24 bits per heavy atom. The van der Waals surface area contributed by atoms with E-state index in [-0.39, 0.29) is 25.8 Å². The number of hydrogen-bond acceptors (Lipinski definition) is 5.